The summed E-state index contributed by atoms with van der Waals surface area (Å²) in [6.45, 7) is 6.89. The molecule has 1 fully saturated rings. The number of hydrogen-bond donors (Lipinski definition) is 1. The molecule has 0 bridgehead atoms. The van der Waals surface area contributed by atoms with Gasteiger partial charge in [-0.15, -0.1) is 0 Å². The standard InChI is InChI=1S/C19H24N4O4/c1-14(2)19(24)22-9-7-21(8-10-22)15-5-6-18(23(25)26)17(12-15)20-13-16-4-3-11-27-16/h3-6,11-12,14,20H,7-10,13H2,1-2H3. The topological polar surface area (TPSA) is 91.9 Å². The Balaban J connectivity index is 1.71. The summed E-state index contributed by atoms with van der Waals surface area (Å²) in [4.78, 5) is 27.1. The van der Waals surface area contributed by atoms with Crippen molar-refractivity contribution in [2.24, 2.45) is 5.92 Å². The van der Waals surface area contributed by atoms with E-state index in [2.05, 4.69) is 10.2 Å². The zero-order chi connectivity index (χ0) is 19.4. The number of piperazine rings is 1. The molecule has 2 heterocycles. The number of anilines is 2. The number of amides is 1. The van der Waals surface area contributed by atoms with Crippen LogP contribution in [0.2, 0.25) is 0 Å². The summed E-state index contributed by atoms with van der Waals surface area (Å²) in [5, 5.41) is 14.4. The Bertz CT molecular complexity index is 796. The summed E-state index contributed by atoms with van der Waals surface area (Å²) in [6.07, 6.45) is 1.57. The SMILES string of the molecule is CC(C)C(=O)N1CCN(c2ccc([N+](=O)[O-])c(NCc3ccco3)c2)CC1. The van der Waals surface area contributed by atoms with Crippen LogP contribution >= 0.6 is 0 Å². The van der Waals surface area contributed by atoms with E-state index >= 15 is 0 Å². The predicted octanol–water partition coefficient (Wildman–Crippen LogP) is 3.10. The summed E-state index contributed by atoms with van der Waals surface area (Å²) in [5.74, 6) is 0.864. The average molecular weight is 372 g/mol. The molecule has 1 N–H and O–H groups in total. The maximum absolute atomic E-state index is 12.1. The molecule has 2 aromatic rings. The van der Waals surface area contributed by atoms with Gasteiger partial charge in [0.2, 0.25) is 5.91 Å². The van der Waals surface area contributed by atoms with Gasteiger partial charge in [-0.3, -0.25) is 14.9 Å². The lowest BCUT2D eigenvalue weighted by Gasteiger charge is -2.37. The highest BCUT2D eigenvalue weighted by molar-refractivity contribution is 5.78. The Morgan fingerprint density at radius 1 is 1.26 bits per heavy atom. The van der Waals surface area contributed by atoms with Crippen LogP contribution in [0.25, 0.3) is 0 Å². The summed E-state index contributed by atoms with van der Waals surface area (Å²) < 4.78 is 5.28. The number of nitrogens with one attached hydrogen (secondary N) is 1. The number of furan rings is 1. The van der Waals surface area contributed by atoms with Gasteiger partial charge in [0.15, 0.2) is 0 Å². The van der Waals surface area contributed by atoms with Crippen LogP contribution in [-0.2, 0) is 11.3 Å². The molecule has 0 radical (unpaired) electrons. The molecule has 144 valence electrons. The molecule has 8 heteroatoms. The van der Waals surface area contributed by atoms with Crippen molar-refractivity contribution in [1.29, 1.82) is 0 Å². The van der Waals surface area contributed by atoms with Crippen LogP contribution < -0.4 is 10.2 Å². The molecule has 0 spiro atoms. The lowest BCUT2D eigenvalue weighted by Crippen LogP contribution is -2.49. The Hall–Kier alpha value is -3.03. The van der Waals surface area contributed by atoms with Gasteiger partial charge in [-0.25, -0.2) is 0 Å². The third-order valence-corrected chi connectivity index (χ3v) is 4.66. The first kappa shape index (κ1) is 18.8. The lowest BCUT2D eigenvalue weighted by atomic mass is 10.1. The van der Waals surface area contributed by atoms with Gasteiger partial charge < -0.3 is 19.5 Å². The fraction of sp³-hybridized carbons (Fsp3) is 0.421. The van der Waals surface area contributed by atoms with Crippen molar-refractivity contribution in [1.82, 2.24) is 4.90 Å². The van der Waals surface area contributed by atoms with Crippen LogP contribution in [0.1, 0.15) is 19.6 Å². The number of nitro groups is 1. The first-order valence-electron chi connectivity index (χ1n) is 9.04. The van der Waals surface area contributed by atoms with Crippen LogP contribution in [0.3, 0.4) is 0 Å². The number of carbonyl (C=O) groups is 1. The second-order valence-electron chi connectivity index (χ2n) is 6.86. The van der Waals surface area contributed by atoms with Crippen LogP contribution in [0, 0.1) is 16.0 Å². The minimum atomic E-state index is -0.395. The van der Waals surface area contributed by atoms with Gasteiger partial charge in [0.1, 0.15) is 11.4 Å². The quantitative estimate of drug-likeness (QED) is 0.619. The molecule has 3 rings (SSSR count). The van der Waals surface area contributed by atoms with E-state index in [0.717, 1.165) is 5.69 Å². The average Bonchev–Trinajstić information content (AvgIpc) is 3.19. The third-order valence-electron chi connectivity index (χ3n) is 4.66. The Kier molecular flexibility index (Phi) is 5.63. The molecular weight excluding hydrogens is 348 g/mol. The normalized spacial score (nSPS) is 14.5. The second kappa shape index (κ2) is 8.11. The fourth-order valence-electron chi connectivity index (χ4n) is 3.17. The number of nitrogens with zero attached hydrogens (tertiary/aromatic N) is 3. The van der Waals surface area contributed by atoms with Crippen molar-refractivity contribution in [3.63, 3.8) is 0 Å². The zero-order valence-corrected chi connectivity index (χ0v) is 15.6. The van der Waals surface area contributed by atoms with E-state index < -0.39 is 4.92 Å². The summed E-state index contributed by atoms with van der Waals surface area (Å²) in [5.41, 5.74) is 1.38. The summed E-state index contributed by atoms with van der Waals surface area (Å²) in [7, 11) is 0. The Labute approximate surface area is 157 Å². The van der Waals surface area contributed by atoms with Gasteiger partial charge >= 0.3 is 0 Å². The number of benzene rings is 1. The van der Waals surface area contributed by atoms with Crippen LogP contribution in [-0.4, -0.2) is 41.9 Å². The molecule has 1 amide bonds. The van der Waals surface area contributed by atoms with Gasteiger partial charge in [-0.2, -0.15) is 0 Å². The lowest BCUT2D eigenvalue weighted by molar-refractivity contribution is -0.384. The van der Waals surface area contributed by atoms with Crippen molar-refractivity contribution in [2.75, 3.05) is 36.4 Å². The van der Waals surface area contributed by atoms with Crippen LogP contribution in [0.5, 0.6) is 0 Å². The molecule has 1 aliphatic rings. The number of nitro benzene ring substituents is 1. The maximum atomic E-state index is 12.1. The Morgan fingerprint density at radius 2 is 2.00 bits per heavy atom. The molecular formula is C19H24N4O4. The van der Waals surface area contributed by atoms with E-state index in [9.17, 15) is 14.9 Å². The van der Waals surface area contributed by atoms with Crippen molar-refractivity contribution < 1.29 is 14.1 Å². The van der Waals surface area contributed by atoms with E-state index in [1.165, 1.54) is 6.07 Å². The molecule has 0 atom stereocenters. The molecule has 27 heavy (non-hydrogen) atoms. The molecule has 1 aliphatic heterocycles. The molecule has 0 saturated carbocycles. The highest BCUT2D eigenvalue weighted by Gasteiger charge is 2.24. The zero-order valence-electron chi connectivity index (χ0n) is 15.6. The molecule has 1 aromatic carbocycles. The van der Waals surface area contributed by atoms with Gasteiger partial charge in [-0.1, -0.05) is 13.8 Å². The third kappa shape index (κ3) is 4.39. The minimum absolute atomic E-state index is 0.00618. The van der Waals surface area contributed by atoms with E-state index in [1.54, 1.807) is 24.5 Å². The van der Waals surface area contributed by atoms with Crippen molar-refractivity contribution in [3.8, 4) is 0 Å². The minimum Gasteiger partial charge on any atom is -0.467 e. The highest BCUT2D eigenvalue weighted by atomic mass is 16.6. The van der Waals surface area contributed by atoms with Gasteiger partial charge in [-0.05, 0) is 24.3 Å². The maximum Gasteiger partial charge on any atom is 0.292 e. The van der Waals surface area contributed by atoms with Crippen molar-refractivity contribution >= 4 is 23.0 Å². The molecule has 0 unspecified atom stereocenters. The van der Waals surface area contributed by atoms with E-state index in [1.807, 2.05) is 24.8 Å². The fourth-order valence-corrected chi connectivity index (χ4v) is 3.17. The van der Waals surface area contributed by atoms with E-state index in [4.69, 9.17) is 4.42 Å². The molecule has 1 aromatic heterocycles. The Morgan fingerprint density at radius 3 is 2.59 bits per heavy atom. The molecule has 8 nitrogen and oxygen atoms in total. The van der Waals surface area contributed by atoms with Crippen LogP contribution in [0.4, 0.5) is 17.1 Å². The number of carbonyl (C=O) groups excluding carboxylic acids is 1. The monoisotopic (exact) mass is 372 g/mol. The van der Waals surface area contributed by atoms with Crippen LogP contribution in [0.15, 0.2) is 41.0 Å². The van der Waals surface area contributed by atoms with Gasteiger partial charge in [0, 0.05) is 43.9 Å². The van der Waals surface area contributed by atoms with Gasteiger partial charge in [0.25, 0.3) is 5.69 Å². The first-order chi connectivity index (χ1) is 13.0. The highest BCUT2D eigenvalue weighted by Crippen LogP contribution is 2.30. The van der Waals surface area contributed by atoms with Crippen molar-refractivity contribution in [3.05, 3.63) is 52.5 Å². The van der Waals surface area contributed by atoms with E-state index in [-0.39, 0.29) is 17.5 Å². The summed E-state index contributed by atoms with van der Waals surface area (Å²) >= 11 is 0. The predicted molar refractivity (Wildman–Crippen MR) is 103 cm³/mol. The summed E-state index contributed by atoms with van der Waals surface area (Å²) in [6, 6.07) is 8.66. The second-order valence-corrected chi connectivity index (χ2v) is 6.86. The number of hydrogen-bond acceptors (Lipinski definition) is 6. The smallest absolute Gasteiger partial charge is 0.292 e. The van der Waals surface area contributed by atoms with E-state index in [0.29, 0.717) is 44.2 Å². The largest absolute Gasteiger partial charge is 0.467 e. The molecule has 1 saturated heterocycles. The first-order valence-corrected chi connectivity index (χ1v) is 9.04. The van der Waals surface area contributed by atoms with Gasteiger partial charge in [0.05, 0.1) is 17.7 Å². The molecule has 0 aliphatic carbocycles. The van der Waals surface area contributed by atoms with Crippen molar-refractivity contribution in [2.45, 2.75) is 20.4 Å². The number of rotatable bonds is 6.